The molecule has 0 aliphatic heterocycles. The van der Waals surface area contributed by atoms with Crippen molar-refractivity contribution in [2.24, 2.45) is 0 Å². The van der Waals surface area contributed by atoms with E-state index in [2.05, 4.69) is 10.4 Å². The van der Waals surface area contributed by atoms with Crippen LogP contribution in [0.3, 0.4) is 0 Å². The van der Waals surface area contributed by atoms with E-state index < -0.39 is 0 Å². The summed E-state index contributed by atoms with van der Waals surface area (Å²) in [7, 11) is 1.62. The van der Waals surface area contributed by atoms with Crippen molar-refractivity contribution in [3.05, 3.63) is 83.7 Å². The van der Waals surface area contributed by atoms with Gasteiger partial charge in [0.2, 0.25) is 0 Å². The summed E-state index contributed by atoms with van der Waals surface area (Å²) in [5, 5.41) is 7.09. The highest BCUT2D eigenvalue weighted by molar-refractivity contribution is 5.94. The van der Waals surface area contributed by atoms with Gasteiger partial charge in [-0.25, -0.2) is 0 Å². The number of carbonyl (C=O) groups is 1. The molecule has 0 radical (unpaired) electrons. The van der Waals surface area contributed by atoms with E-state index in [-0.39, 0.29) is 5.91 Å². The van der Waals surface area contributed by atoms with E-state index in [9.17, 15) is 4.79 Å². The fraction of sp³-hybridized carbons (Fsp3) is 0.158. The van der Waals surface area contributed by atoms with Crippen molar-refractivity contribution in [2.75, 3.05) is 7.11 Å². The lowest BCUT2D eigenvalue weighted by Crippen LogP contribution is -2.23. The summed E-state index contributed by atoms with van der Waals surface area (Å²) in [6, 6.07) is 17.1. The monoisotopic (exact) mass is 321 g/mol. The van der Waals surface area contributed by atoms with Crippen molar-refractivity contribution in [3.63, 3.8) is 0 Å². The van der Waals surface area contributed by atoms with Gasteiger partial charge in [-0.1, -0.05) is 30.3 Å². The number of hydrogen-bond acceptors (Lipinski definition) is 3. The van der Waals surface area contributed by atoms with Gasteiger partial charge in [0.05, 0.1) is 13.7 Å². The largest absolute Gasteiger partial charge is 0.496 e. The molecule has 1 aromatic heterocycles. The molecule has 3 aromatic rings. The molecule has 0 spiro atoms. The molecular formula is C19H19N3O2. The van der Waals surface area contributed by atoms with Gasteiger partial charge < -0.3 is 10.1 Å². The van der Waals surface area contributed by atoms with Crippen LogP contribution in [0.1, 0.15) is 21.5 Å². The fourth-order valence-electron chi connectivity index (χ4n) is 2.47. The zero-order chi connectivity index (χ0) is 16.8. The van der Waals surface area contributed by atoms with Gasteiger partial charge in [-0.2, -0.15) is 5.10 Å². The van der Waals surface area contributed by atoms with Gasteiger partial charge in [-0.15, -0.1) is 0 Å². The molecule has 3 rings (SSSR count). The maximum absolute atomic E-state index is 12.3. The third-order valence-electron chi connectivity index (χ3n) is 3.75. The number of ether oxygens (including phenoxy) is 1. The van der Waals surface area contributed by atoms with E-state index in [1.54, 1.807) is 13.3 Å². The number of rotatable bonds is 6. The normalized spacial score (nSPS) is 10.4. The molecule has 0 atom stereocenters. The Bertz CT molecular complexity index is 796. The van der Waals surface area contributed by atoms with Crippen LogP contribution in [0.2, 0.25) is 0 Å². The lowest BCUT2D eigenvalue weighted by Gasteiger charge is -2.10. The number of amides is 1. The second-order valence-corrected chi connectivity index (χ2v) is 5.40. The summed E-state index contributed by atoms with van der Waals surface area (Å²) in [6.07, 6.45) is 3.66. The number of carbonyl (C=O) groups excluding carboxylic acids is 1. The number of aromatic nitrogens is 2. The van der Waals surface area contributed by atoms with Crippen molar-refractivity contribution in [2.45, 2.75) is 13.1 Å². The van der Waals surface area contributed by atoms with E-state index in [1.165, 1.54) is 0 Å². The highest BCUT2D eigenvalue weighted by atomic mass is 16.5. The number of para-hydroxylation sites is 1. The molecule has 24 heavy (non-hydrogen) atoms. The number of hydrogen-bond donors (Lipinski definition) is 1. The van der Waals surface area contributed by atoms with Crippen molar-refractivity contribution in [1.29, 1.82) is 0 Å². The molecule has 0 aliphatic carbocycles. The molecule has 0 fully saturated rings. The first kappa shape index (κ1) is 15.8. The Hall–Kier alpha value is -3.08. The number of nitrogens with one attached hydrogen (secondary N) is 1. The number of methoxy groups -OCH3 is 1. The minimum atomic E-state index is -0.105. The van der Waals surface area contributed by atoms with Gasteiger partial charge >= 0.3 is 0 Å². The minimum absolute atomic E-state index is 0.105. The Morgan fingerprint density at radius 2 is 1.92 bits per heavy atom. The average molecular weight is 321 g/mol. The first-order valence-electron chi connectivity index (χ1n) is 7.73. The maximum Gasteiger partial charge on any atom is 0.251 e. The highest BCUT2D eigenvalue weighted by Crippen LogP contribution is 2.17. The molecule has 2 aromatic carbocycles. The maximum atomic E-state index is 12.3. The molecule has 5 nitrogen and oxygen atoms in total. The lowest BCUT2D eigenvalue weighted by molar-refractivity contribution is 0.0950. The molecule has 0 saturated carbocycles. The van der Waals surface area contributed by atoms with Crippen LogP contribution in [0.5, 0.6) is 5.75 Å². The van der Waals surface area contributed by atoms with E-state index in [4.69, 9.17) is 4.74 Å². The fourth-order valence-corrected chi connectivity index (χ4v) is 2.47. The van der Waals surface area contributed by atoms with Crippen molar-refractivity contribution in [1.82, 2.24) is 15.1 Å². The summed E-state index contributed by atoms with van der Waals surface area (Å²) in [4.78, 5) is 12.3. The Morgan fingerprint density at radius 3 is 2.62 bits per heavy atom. The molecule has 0 aliphatic rings. The zero-order valence-electron chi connectivity index (χ0n) is 13.5. The standard InChI is InChI=1S/C19H19N3O2/c1-24-18-6-3-2-5-17(18)13-20-19(23)16-9-7-15(8-10-16)14-22-12-4-11-21-22/h2-12H,13-14H2,1H3,(H,20,23). The van der Waals surface area contributed by atoms with Gasteiger partial charge in [0.25, 0.3) is 5.91 Å². The lowest BCUT2D eigenvalue weighted by atomic mass is 10.1. The summed E-state index contributed by atoms with van der Waals surface area (Å²) < 4.78 is 7.13. The molecule has 1 amide bonds. The molecule has 0 bridgehead atoms. The highest BCUT2D eigenvalue weighted by Gasteiger charge is 2.07. The van der Waals surface area contributed by atoms with Crippen LogP contribution in [0.25, 0.3) is 0 Å². The van der Waals surface area contributed by atoms with Crippen molar-refractivity contribution >= 4 is 5.91 Å². The molecule has 0 unspecified atom stereocenters. The van der Waals surface area contributed by atoms with Crippen LogP contribution >= 0.6 is 0 Å². The second kappa shape index (κ2) is 7.46. The summed E-state index contributed by atoms with van der Waals surface area (Å²) in [6.45, 7) is 1.12. The SMILES string of the molecule is COc1ccccc1CNC(=O)c1ccc(Cn2cccn2)cc1. The summed E-state index contributed by atoms with van der Waals surface area (Å²) in [5.41, 5.74) is 2.68. The van der Waals surface area contributed by atoms with E-state index in [0.717, 1.165) is 16.9 Å². The van der Waals surface area contributed by atoms with Gasteiger partial charge in [0.15, 0.2) is 0 Å². The molecule has 122 valence electrons. The number of nitrogens with zero attached hydrogens (tertiary/aromatic N) is 2. The topological polar surface area (TPSA) is 56.1 Å². The number of benzene rings is 2. The Kier molecular flexibility index (Phi) is 4.91. The quantitative estimate of drug-likeness (QED) is 0.759. The van der Waals surface area contributed by atoms with Gasteiger partial charge in [-0.05, 0) is 29.8 Å². The molecule has 1 heterocycles. The predicted molar refractivity (Wildman–Crippen MR) is 91.9 cm³/mol. The second-order valence-electron chi connectivity index (χ2n) is 5.40. The van der Waals surface area contributed by atoms with Gasteiger partial charge in [0, 0.05) is 30.1 Å². The van der Waals surface area contributed by atoms with Crippen LogP contribution < -0.4 is 10.1 Å². The minimum Gasteiger partial charge on any atom is -0.496 e. The predicted octanol–water partition coefficient (Wildman–Crippen LogP) is 2.87. The first-order valence-corrected chi connectivity index (χ1v) is 7.73. The van der Waals surface area contributed by atoms with Crippen LogP contribution in [-0.2, 0) is 13.1 Å². The van der Waals surface area contributed by atoms with Gasteiger partial charge in [0.1, 0.15) is 5.75 Å². The van der Waals surface area contributed by atoms with E-state index in [1.807, 2.05) is 65.5 Å². The summed E-state index contributed by atoms with van der Waals surface area (Å²) >= 11 is 0. The third-order valence-corrected chi connectivity index (χ3v) is 3.75. The third kappa shape index (κ3) is 3.81. The van der Waals surface area contributed by atoms with Gasteiger partial charge in [-0.3, -0.25) is 9.48 Å². The van der Waals surface area contributed by atoms with Crippen LogP contribution in [0, 0.1) is 0 Å². The first-order chi connectivity index (χ1) is 11.8. The van der Waals surface area contributed by atoms with E-state index in [0.29, 0.717) is 18.7 Å². The Labute approximate surface area is 140 Å². The van der Waals surface area contributed by atoms with Crippen LogP contribution in [-0.4, -0.2) is 22.8 Å². The Morgan fingerprint density at radius 1 is 1.12 bits per heavy atom. The van der Waals surface area contributed by atoms with E-state index >= 15 is 0 Å². The molecular weight excluding hydrogens is 302 g/mol. The molecule has 1 N–H and O–H groups in total. The van der Waals surface area contributed by atoms with Crippen LogP contribution in [0.15, 0.2) is 67.0 Å². The Balaban J connectivity index is 1.60. The van der Waals surface area contributed by atoms with Crippen molar-refractivity contribution in [3.8, 4) is 5.75 Å². The molecule has 5 heteroatoms. The summed E-state index contributed by atoms with van der Waals surface area (Å²) in [5.74, 6) is 0.666. The average Bonchev–Trinajstić information content (AvgIpc) is 3.13. The molecule has 0 saturated heterocycles. The van der Waals surface area contributed by atoms with Crippen molar-refractivity contribution < 1.29 is 9.53 Å². The van der Waals surface area contributed by atoms with Crippen LogP contribution in [0.4, 0.5) is 0 Å². The smallest absolute Gasteiger partial charge is 0.251 e. The zero-order valence-corrected chi connectivity index (χ0v) is 13.5.